The van der Waals surface area contributed by atoms with E-state index in [0.29, 0.717) is 33.0 Å². The first-order chi connectivity index (χ1) is 42.6. The molecular weight excluding hydrogens is 1100 g/mol. The summed E-state index contributed by atoms with van der Waals surface area (Å²) in [6, 6.07) is 37.1. The molecule has 480 valence electrons. The van der Waals surface area contributed by atoms with Crippen molar-refractivity contribution in [2.75, 3.05) is 54.4 Å². The molecule has 0 spiro atoms. The molecule has 0 amide bonds. The summed E-state index contributed by atoms with van der Waals surface area (Å²) in [6.45, 7) is 39.7. The first-order valence-corrected chi connectivity index (χ1v) is 31.1. The summed E-state index contributed by atoms with van der Waals surface area (Å²) in [5, 5.41) is 11.9. The summed E-state index contributed by atoms with van der Waals surface area (Å²) < 4.78 is 35.4. The SMILES string of the molecule is C/C=C/COc1cc(C)c(OCCCCc2ccc(/C(C)=N\OC)cc2)c(C)c1.C/C=C/COc1cc(C)c(OCCc2ccc(/C(C)=N\OC)cc2)c(C)c1.C/C=C/COc1cc(C)c(OCc2ccc(/C(C)=N\OC)cc2)c(C)c1.CC.CC.CC. The van der Waals surface area contributed by atoms with E-state index in [-0.39, 0.29) is 0 Å². The number of rotatable bonds is 28. The Balaban J connectivity index is 0.000000633. The van der Waals surface area contributed by atoms with Gasteiger partial charge in [0.25, 0.3) is 0 Å². The Hall–Kier alpha value is -8.25. The van der Waals surface area contributed by atoms with Gasteiger partial charge in [-0.25, -0.2) is 0 Å². The van der Waals surface area contributed by atoms with E-state index in [4.69, 9.17) is 42.9 Å². The van der Waals surface area contributed by atoms with E-state index < -0.39 is 0 Å². The van der Waals surface area contributed by atoms with Crippen LogP contribution in [0.4, 0.5) is 0 Å². The lowest BCUT2D eigenvalue weighted by Crippen LogP contribution is -2.05. The molecule has 12 nitrogen and oxygen atoms in total. The molecule has 0 aliphatic rings. The molecule has 0 bridgehead atoms. The van der Waals surface area contributed by atoms with Crippen LogP contribution in [-0.4, -0.2) is 71.5 Å². The molecule has 0 aliphatic heterocycles. The number of nitrogens with zero attached hydrogens (tertiary/aromatic N) is 3. The van der Waals surface area contributed by atoms with Gasteiger partial charge in [-0.2, -0.15) is 0 Å². The number of hydrogen-bond acceptors (Lipinski definition) is 12. The van der Waals surface area contributed by atoms with Crippen molar-refractivity contribution in [3.8, 4) is 34.5 Å². The Kier molecular flexibility index (Phi) is 41.4. The minimum atomic E-state index is 0.515. The lowest BCUT2D eigenvalue weighted by atomic mass is 10.0. The molecule has 12 heteroatoms. The third kappa shape index (κ3) is 29.4. The smallest absolute Gasteiger partial charge is 0.125 e. The molecule has 0 aromatic heterocycles. The lowest BCUT2D eigenvalue weighted by Gasteiger charge is -2.14. The summed E-state index contributed by atoms with van der Waals surface area (Å²) in [5.41, 5.74) is 16.0. The molecule has 0 fully saturated rings. The number of unbranched alkanes of at least 4 members (excludes halogenated alkanes) is 1. The van der Waals surface area contributed by atoms with E-state index in [1.807, 2.05) is 194 Å². The molecule has 0 radical (unpaired) electrons. The van der Waals surface area contributed by atoms with Crippen molar-refractivity contribution < 1.29 is 42.9 Å². The van der Waals surface area contributed by atoms with Crippen LogP contribution in [0.25, 0.3) is 0 Å². The van der Waals surface area contributed by atoms with Crippen molar-refractivity contribution in [3.63, 3.8) is 0 Å². The maximum absolute atomic E-state index is 6.06. The van der Waals surface area contributed by atoms with Crippen LogP contribution in [-0.2, 0) is 34.0 Å². The van der Waals surface area contributed by atoms with Crippen molar-refractivity contribution in [2.45, 2.75) is 157 Å². The molecule has 0 aliphatic carbocycles. The molecule has 0 atom stereocenters. The molecule has 0 saturated carbocycles. The van der Waals surface area contributed by atoms with Gasteiger partial charge in [-0.3, -0.25) is 0 Å². The standard InChI is InChI=1S/C25H33NO3.C23H29NO3.C22H27NO3.3C2H6/c1-6-7-15-28-24-17-19(2)25(20(3)18-24)29-16-9-8-10-22-11-13-23(14-12-22)21(4)26-27-5;1-6-7-13-26-22-15-17(2)23(18(3)16-22)27-14-12-20-8-10-21(11-9-20)19(4)24-25-5;1-6-7-12-25-21-13-16(2)22(17(3)14-21)26-15-19-8-10-20(11-9-19)18(4)23-24-5;3*1-2/h6-7,11-14,17-18H,8-10,15-16H2,1-5H3;6-11,15-16H,12-14H2,1-5H3;6-11,13-14H,12,15H2,1-5H3;3*1-2H3/b7-6+,26-21-;7-6+,24-19-;7-6+,23-18-;;;. The largest absolute Gasteiger partial charge is 0.493 e. The van der Waals surface area contributed by atoms with E-state index in [9.17, 15) is 0 Å². The predicted molar refractivity (Wildman–Crippen MR) is 372 cm³/mol. The summed E-state index contributed by atoms with van der Waals surface area (Å²) in [5.74, 6) is 5.44. The zero-order valence-electron chi connectivity index (χ0n) is 57.4. The number of oxime groups is 3. The first kappa shape index (κ1) is 77.8. The molecular formula is C76H107N3O9. The van der Waals surface area contributed by atoms with Crippen LogP contribution in [0.15, 0.2) is 161 Å². The van der Waals surface area contributed by atoms with Gasteiger partial charge in [-0.15, -0.1) is 0 Å². The quantitative estimate of drug-likeness (QED) is 0.0205. The zero-order chi connectivity index (χ0) is 65.7. The number of hydrogen-bond donors (Lipinski definition) is 0. The number of ether oxygens (including phenoxy) is 6. The Morgan fingerprint density at radius 1 is 0.352 bits per heavy atom. The van der Waals surface area contributed by atoms with Gasteiger partial charge in [0.1, 0.15) is 82.3 Å². The van der Waals surface area contributed by atoms with E-state index in [1.54, 1.807) is 21.3 Å². The molecule has 88 heavy (non-hydrogen) atoms. The van der Waals surface area contributed by atoms with Gasteiger partial charge < -0.3 is 42.9 Å². The topological polar surface area (TPSA) is 120 Å². The highest BCUT2D eigenvalue weighted by Gasteiger charge is 2.12. The molecule has 6 aromatic carbocycles. The van der Waals surface area contributed by atoms with Gasteiger partial charge in [-0.05, 0) is 206 Å². The summed E-state index contributed by atoms with van der Waals surface area (Å²) in [6.07, 6.45) is 15.9. The second-order valence-corrected chi connectivity index (χ2v) is 19.7. The van der Waals surface area contributed by atoms with Gasteiger partial charge in [0.05, 0.1) is 30.3 Å². The van der Waals surface area contributed by atoms with Gasteiger partial charge in [-0.1, -0.05) is 166 Å². The Morgan fingerprint density at radius 2 is 0.636 bits per heavy atom. The minimum absolute atomic E-state index is 0.515. The molecule has 6 aromatic rings. The molecule has 0 saturated heterocycles. The average molecular weight is 1210 g/mol. The third-order valence-electron chi connectivity index (χ3n) is 13.0. The highest BCUT2D eigenvalue weighted by Crippen LogP contribution is 2.32. The normalized spacial score (nSPS) is 11.1. The van der Waals surface area contributed by atoms with E-state index in [1.165, 1.54) is 11.1 Å². The number of benzene rings is 6. The fourth-order valence-corrected chi connectivity index (χ4v) is 8.65. The van der Waals surface area contributed by atoms with Crippen LogP contribution < -0.4 is 28.4 Å². The highest BCUT2D eigenvalue weighted by molar-refractivity contribution is 5.99. The van der Waals surface area contributed by atoms with E-state index >= 15 is 0 Å². The van der Waals surface area contributed by atoms with Crippen molar-refractivity contribution >= 4 is 17.1 Å². The third-order valence-corrected chi connectivity index (χ3v) is 13.0. The Labute approximate surface area is 531 Å². The van der Waals surface area contributed by atoms with Crippen molar-refractivity contribution in [1.29, 1.82) is 0 Å². The minimum Gasteiger partial charge on any atom is -0.493 e. The van der Waals surface area contributed by atoms with Crippen LogP contribution in [0.2, 0.25) is 0 Å². The summed E-state index contributed by atoms with van der Waals surface area (Å²) in [7, 11) is 4.67. The molecule has 0 heterocycles. The second kappa shape index (κ2) is 46.9. The molecule has 6 rings (SSSR count). The van der Waals surface area contributed by atoms with Crippen LogP contribution in [0.5, 0.6) is 34.5 Å². The van der Waals surface area contributed by atoms with Crippen LogP contribution >= 0.6 is 0 Å². The lowest BCUT2D eigenvalue weighted by molar-refractivity contribution is 0.213. The van der Waals surface area contributed by atoms with Crippen molar-refractivity contribution in [1.82, 2.24) is 0 Å². The molecule has 0 N–H and O–H groups in total. The van der Waals surface area contributed by atoms with Gasteiger partial charge >= 0.3 is 0 Å². The summed E-state index contributed by atoms with van der Waals surface area (Å²) >= 11 is 0. The fraction of sp³-hybridized carbons (Fsp3) is 0.408. The predicted octanol–water partition coefficient (Wildman–Crippen LogP) is 19.6. The van der Waals surface area contributed by atoms with Gasteiger partial charge in [0.15, 0.2) is 0 Å². The van der Waals surface area contributed by atoms with E-state index in [2.05, 4.69) is 91.7 Å². The fourth-order valence-electron chi connectivity index (χ4n) is 8.65. The van der Waals surface area contributed by atoms with Gasteiger partial charge in [0.2, 0.25) is 0 Å². The van der Waals surface area contributed by atoms with Crippen LogP contribution in [0, 0.1) is 41.5 Å². The van der Waals surface area contributed by atoms with Crippen molar-refractivity contribution in [2.24, 2.45) is 15.5 Å². The van der Waals surface area contributed by atoms with Crippen LogP contribution in [0.1, 0.15) is 163 Å². The molecule has 0 unspecified atom stereocenters. The second-order valence-electron chi connectivity index (χ2n) is 19.7. The van der Waals surface area contributed by atoms with Gasteiger partial charge in [0, 0.05) is 6.42 Å². The number of aryl methyl sites for hydroxylation is 7. The highest BCUT2D eigenvalue weighted by atomic mass is 16.6. The zero-order valence-corrected chi connectivity index (χ0v) is 57.4. The van der Waals surface area contributed by atoms with E-state index in [0.717, 1.165) is 140 Å². The maximum atomic E-state index is 6.06. The monoisotopic (exact) mass is 1210 g/mol. The van der Waals surface area contributed by atoms with Crippen molar-refractivity contribution in [3.05, 3.63) is 212 Å². The Bertz CT molecular complexity index is 2980. The maximum Gasteiger partial charge on any atom is 0.125 e. The van der Waals surface area contributed by atoms with Crippen LogP contribution in [0.3, 0.4) is 0 Å². The first-order valence-electron chi connectivity index (χ1n) is 31.1. The summed E-state index contributed by atoms with van der Waals surface area (Å²) in [4.78, 5) is 14.5. The Morgan fingerprint density at radius 3 is 0.943 bits per heavy atom. The number of allylic oxidation sites excluding steroid dienone is 3. The average Bonchev–Trinajstić information content (AvgIpc) is 3.74.